The van der Waals surface area contributed by atoms with Crippen LogP contribution in [0.25, 0.3) is 10.2 Å². The summed E-state index contributed by atoms with van der Waals surface area (Å²) in [4.78, 5) is 12.3. The number of para-hydroxylation sites is 1. The Morgan fingerprint density at radius 1 is 1.12 bits per heavy atom. The molecule has 0 atom stereocenters. The lowest BCUT2D eigenvalue weighted by atomic mass is 10.2. The number of nitrogens with zero attached hydrogens (tertiary/aromatic N) is 2. The Hall–Kier alpha value is -2.12. The summed E-state index contributed by atoms with van der Waals surface area (Å²) in [5.41, 5.74) is 2.57. The molecule has 1 aromatic heterocycles. The molecule has 2 aromatic carbocycles. The number of anilines is 1. The quantitative estimate of drug-likeness (QED) is 0.706. The third-order valence-electron chi connectivity index (χ3n) is 4.53. The van der Waals surface area contributed by atoms with Crippen LogP contribution in [0, 0.1) is 0 Å². The Labute approximate surface area is 150 Å². The highest BCUT2D eigenvalue weighted by Crippen LogP contribution is 2.34. The number of rotatable bonds is 3. The molecule has 130 valence electrons. The van der Waals surface area contributed by atoms with Crippen LogP contribution in [-0.4, -0.2) is 19.5 Å². The lowest BCUT2D eigenvalue weighted by Crippen LogP contribution is -2.29. The van der Waals surface area contributed by atoms with E-state index < -0.39 is 10.0 Å². The molecule has 1 aliphatic heterocycles. The summed E-state index contributed by atoms with van der Waals surface area (Å²) in [6, 6.07) is 12.6. The van der Waals surface area contributed by atoms with Crippen LogP contribution in [0.5, 0.6) is 0 Å². The molecule has 0 radical (unpaired) electrons. The van der Waals surface area contributed by atoms with Gasteiger partial charge >= 0.3 is 4.87 Å². The van der Waals surface area contributed by atoms with E-state index in [1.165, 1.54) is 4.31 Å². The number of aromatic nitrogens is 1. The van der Waals surface area contributed by atoms with Crippen LogP contribution in [0.3, 0.4) is 0 Å². The first-order chi connectivity index (χ1) is 11.9. The standard InChI is InChI=1S/C18H18N2O3S2/c1-12(2)20-16-8-7-14(11-17(16)24-18(20)21)25(22,23)19-10-9-13-5-3-4-6-15(13)19/h3-8,11-12H,9-10H2,1-2H3. The molecule has 4 rings (SSSR count). The largest absolute Gasteiger partial charge is 0.308 e. The first-order valence-electron chi connectivity index (χ1n) is 8.15. The van der Waals surface area contributed by atoms with Gasteiger partial charge in [0.15, 0.2) is 0 Å². The minimum atomic E-state index is -3.64. The fraction of sp³-hybridized carbons (Fsp3) is 0.278. The van der Waals surface area contributed by atoms with E-state index in [1.807, 2.05) is 38.1 Å². The second-order valence-corrected chi connectivity index (χ2v) is 9.27. The first-order valence-corrected chi connectivity index (χ1v) is 10.4. The number of fused-ring (bicyclic) bond motifs is 2. The predicted octanol–water partition coefficient (Wildman–Crippen LogP) is 3.40. The Morgan fingerprint density at radius 3 is 2.64 bits per heavy atom. The van der Waals surface area contributed by atoms with Crippen LogP contribution in [0.1, 0.15) is 25.5 Å². The molecule has 0 saturated heterocycles. The van der Waals surface area contributed by atoms with E-state index in [2.05, 4.69) is 0 Å². The van der Waals surface area contributed by atoms with Gasteiger partial charge in [-0.25, -0.2) is 8.42 Å². The van der Waals surface area contributed by atoms with Crippen molar-refractivity contribution in [3.8, 4) is 0 Å². The van der Waals surface area contributed by atoms with E-state index in [4.69, 9.17) is 0 Å². The summed E-state index contributed by atoms with van der Waals surface area (Å²) in [6.45, 7) is 4.34. The van der Waals surface area contributed by atoms with Crippen molar-refractivity contribution in [2.75, 3.05) is 10.8 Å². The number of hydrogen-bond acceptors (Lipinski definition) is 4. The van der Waals surface area contributed by atoms with Crippen molar-refractivity contribution in [3.05, 3.63) is 57.7 Å². The summed E-state index contributed by atoms with van der Waals surface area (Å²) >= 11 is 1.09. The lowest BCUT2D eigenvalue weighted by Gasteiger charge is -2.19. The van der Waals surface area contributed by atoms with Crippen LogP contribution in [0.2, 0.25) is 0 Å². The van der Waals surface area contributed by atoms with Crippen molar-refractivity contribution in [2.24, 2.45) is 0 Å². The third kappa shape index (κ3) is 2.49. The van der Waals surface area contributed by atoms with Crippen LogP contribution < -0.4 is 9.18 Å². The summed E-state index contributed by atoms with van der Waals surface area (Å²) in [7, 11) is -3.64. The van der Waals surface area contributed by atoms with Crippen molar-refractivity contribution in [1.82, 2.24) is 4.57 Å². The Balaban J connectivity index is 1.83. The minimum Gasteiger partial charge on any atom is -0.296 e. The van der Waals surface area contributed by atoms with Gasteiger partial charge in [-0.05, 0) is 50.1 Å². The van der Waals surface area contributed by atoms with Gasteiger partial charge in [0.05, 0.1) is 20.8 Å². The zero-order chi connectivity index (χ0) is 17.8. The predicted molar refractivity (Wildman–Crippen MR) is 101 cm³/mol. The van der Waals surface area contributed by atoms with Gasteiger partial charge in [-0.15, -0.1) is 0 Å². The molecule has 2 heterocycles. The zero-order valence-electron chi connectivity index (χ0n) is 14.0. The molecule has 0 aliphatic carbocycles. The molecular weight excluding hydrogens is 356 g/mol. The van der Waals surface area contributed by atoms with Gasteiger partial charge in [-0.3, -0.25) is 13.7 Å². The number of sulfonamides is 1. The number of benzene rings is 2. The van der Waals surface area contributed by atoms with E-state index in [9.17, 15) is 13.2 Å². The maximum Gasteiger partial charge on any atom is 0.308 e. The summed E-state index contributed by atoms with van der Waals surface area (Å²) < 4.78 is 30.1. The number of thiazole rings is 1. The average Bonchev–Trinajstić information content (AvgIpc) is 3.14. The Kier molecular flexibility index (Phi) is 3.73. The van der Waals surface area contributed by atoms with Gasteiger partial charge in [0.1, 0.15) is 0 Å². The third-order valence-corrected chi connectivity index (χ3v) is 7.26. The second kappa shape index (κ2) is 5.71. The molecule has 0 fully saturated rings. The lowest BCUT2D eigenvalue weighted by molar-refractivity contribution is 0.592. The summed E-state index contributed by atoms with van der Waals surface area (Å²) in [5.74, 6) is 0. The second-order valence-electron chi connectivity index (χ2n) is 6.42. The number of hydrogen-bond donors (Lipinski definition) is 0. The van der Waals surface area contributed by atoms with Crippen molar-refractivity contribution in [3.63, 3.8) is 0 Å². The Morgan fingerprint density at radius 2 is 1.88 bits per heavy atom. The van der Waals surface area contributed by atoms with Crippen LogP contribution in [0.15, 0.2) is 52.2 Å². The molecule has 3 aromatic rings. The maximum absolute atomic E-state index is 13.1. The molecular formula is C18H18N2O3S2. The van der Waals surface area contributed by atoms with Gasteiger partial charge in [0, 0.05) is 12.6 Å². The molecule has 7 heteroatoms. The van der Waals surface area contributed by atoms with Crippen LogP contribution >= 0.6 is 11.3 Å². The highest BCUT2D eigenvalue weighted by molar-refractivity contribution is 7.92. The fourth-order valence-electron chi connectivity index (χ4n) is 3.35. The van der Waals surface area contributed by atoms with E-state index in [0.717, 1.165) is 28.1 Å². The van der Waals surface area contributed by atoms with E-state index >= 15 is 0 Å². The minimum absolute atomic E-state index is 0.0363. The molecule has 0 bridgehead atoms. The normalized spacial score (nSPS) is 14.4. The van der Waals surface area contributed by atoms with Gasteiger partial charge in [-0.2, -0.15) is 0 Å². The van der Waals surface area contributed by atoms with Gasteiger partial charge in [0.2, 0.25) is 0 Å². The molecule has 1 aliphatic rings. The fourth-order valence-corrected chi connectivity index (χ4v) is 6.01. The van der Waals surface area contributed by atoms with Crippen molar-refractivity contribution in [1.29, 1.82) is 0 Å². The topological polar surface area (TPSA) is 59.4 Å². The smallest absolute Gasteiger partial charge is 0.296 e. The van der Waals surface area contributed by atoms with Crippen molar-refractivity contribution >= 4 is 37.3 Å². The van der Waals surface area contributed by atoms with Crippen LogP contribution in [0.4, 0.5) is 5.69 Å². The summed E-state index contributed by atoms with van der Waals surface area (Å²) in [6.07, 6.45) is 0.717. The molecule has 0 spiro atoms. The highest BCUT2D eigenvalue weighted by Gasteiger charge is 2.31. The van der Waals surface area contributed by atoms with E-state index in [-0.39, 0.29) is 15.8 Å². The average molecular weight is 374 g/mol. The van der Waals surface area contributed by atoms with Gasteiger partial charge in [0.25, 0.3) is 10.0 Å². The van der Waals surface area contributed by atoms with Gasteiger partial charge < -0.3 is 0 Å². The highest BCUT2D eigenvalue weighted by atomic mass is 32.2. The molecule has 0 N–H and O–H groups in total. The van der Waals surface area contributed by atoms with E-state index in [1.54, 1.807) is 22.8 Å². The Bertz CT molecular complexity index is 1130. The van der Waals surface area contributed by atoms with E-state index in [0.29, 0.717) is 17.7 Å². The maximum atomic E-state index is 13.1. The molecule has 0 unspecified atom stereocenters. The monoisotopic (exact) mass is 374 g/mol. The summed E-state index contributed by atoms with van der Waals surface area (Å²) in [5, 5.41) is 0. The van der Waals surface area contributed by atoms with Crippen molar-refractivity contribution < 1.29 is 8.42 Å². The molecule has 5 nitrogen and oxygen atoms in total. The van der Waals surface area contributed by atoms with Crippen molar-refractivity contribution in [2.45, 2.75) is 31.2 Å². The van der Waals surface area contributed by atoms with Crippen LogP contribution in [-0.2, 0) is 16.4 Å². The molecule has 25 heavy (non-hydrogen) atoms. The van der Waals surface area contributed by atoms with Gasteiger partial charge in [-0.1, -0.05) is 29.5 Å². The zero-order valence-corrected chi connectivity index (χ0v) is 15.6. The molecule has 0 saturated carbocycles. The first kappa shape index (κ1) is 16.4. The molecule has 0 amide bonds. The SMILES string of the molecule is CC(C)n1c(=O)sc2cc(S(=O)(=O)N3CCc4ccccc43)ccc21.